The molecule has 0 bridgehead atoms. The third-order valence-electron chi connectivity index (χ3n) is 7.67. The average molecular weight is 445 g/mol. The molecule has 1 spiro atoms. The van der Waals surface area contributed by atoms with Gasteiger partial charge in [-0.25, -0.2) is 8.42 Å². The highest BCUT2D eigenvalue weighted by Gasteiger charge is 2.52. The van der Waals surface area contributed by atoms with Crippen LogP contribution in [0.5, 0.6) is 0 Å². The summed E-state index contributed by atoms with van der Waals surface area (Å²) in [6.45, 7) is 5.61. The Morgan fingerprint density at radius 1 is 0.875 bits per heavy atom. The van der Waals surface area contributed by atoms with Gasteiger partial charge in [0.1, 0.15) is 4.75 Å². The van der Waals surface area contributed by atoms with Gasteiger partial charge < -0.3 is 4.57 Å². The van der Waals surface area contributed by atoms with Crippen LogP contribution in [0.3, 0.4) is 0 Å². The number of nitrogens with zero attached hydrogens (tertiary/aromatic N) is 2. The Bertz CT molecular complexity index is 1440. The molecule has 5 heteroatoms. The Balaban J connectivity index is 1.28. The van der Waals surface area contributed by atoms with Crippen molar-refractivity contribution in [2.75, 3.05) is 13.1 Å². The van der Waals surface area contributed by atoms with Gasteiger partial charge in [-0.3, -0.25) is 4.90 Å². The molecule has 2 aliphatic heterocycles. The number of likely N-dealkylation sites (tertiary alicyclic amines) is 1. The van der Waals surface area contributed by atoms with Crippen molar-refractivity contribution in [3.05, 3.63) is 83.4 Å². The van der Waals surface area contributed by atoms with E-state index in [1.54, 1.807) is 0 Å². The number of hydrogen-bond acceptors (Lipinski definition) is 3. The number of aromatic nitrogens is 1. The summed E-state index contributed by atoms with van der Waals surface area (Å²) >= 11 is 0. The van der Waals surface area contributed by atoms with Crippen molar-refractivity contribution < 1.29 is 8.42 Å². The number of piperidine rings is 1. The van der Waals surface area contributed by atoms with Gasteiger partial charge >= 0.3 is 0 Å². The van der Waals surface area contributed by atoms with Crippen LogP contribution in [0.2, 0.25) is 0 Å². The predicted octanol–water partition coefficient (Wildman–Crippen LogP) is 5.23. The topological polar surface area (TPSA) is 42.3 Å². The number of hydrogen-bond donors (Lipinski definition) is 0. The van der Waals surface area contributed by atoms with Gasteiger partial charge in [0.25, 0.3) is 0 Å². The van der Waals surface area contributed by atoms with Crippen molar-refractivity contribution >= 4 is 31.6 Å². The van der Waals surface area contributed by atoms with Crippen molar-refractivity contribution in [1.82, 2.24) is 9.47 Å². The minimum atomic E-state index is -3.15. The van der Waals surface area contributed by atoms with Crippen LogP contribution in [0.4, 0.5) is 0 Å². The molecule has 0 atom stereocenters. The number of aryl methyl sites for hydroxylation is 1. The van der Waals surface area contributed by atoms with Crippen molar-refractivity contribution in [2.24, 2.45) is 0 Å². The van der Waals surface area contributed by atoms with Crippen molar-refractivity contribution in [3.8, 4) is 0 Å². The van der Waals surface area contributed by atoms with E-state index in [0.717, 1.165) is 37.3 Å². The summed E-state index contributed by atoms with van der Waals surface area (Å²) in [7, 11) is -3.15. The zero-order valence-electron chi connectivity index (χ0n) is 18.4. The van der Waals surface area contributed by atoms with Crippen molar-refractivity contribution in [3.63, 3.8) is 0 Å². The molecule has 0 unspecified atom stereocenters. The highest BCUT2D eigenvalue weighted by atomic mass is 32.2. The van der Waals surface area contributed by atoms with Crippen molar-refractivity contribution in [1.29, 1.82) is 0 Å². The van der Waals surface area contributed by atoms with Gasteiger partial charge in [0.2, 0.25) is 0 Å². The molecule has 0 radical (unpaired) electrons. The first-order valence-corrected chi connectivity index (χ1v) is 13.2. The molecule has 1 aromatic heterocycles. The summed E-state index contributed by atoms with van der Waals surface area (Å²) < 4.78 is 28.0. The third-order valence-corrected chi connectivity index (χ3v) is 10.2. The van der Waals surface area contributed by atoms with Crippen LogP contribution in [-0.4, -0.2) is 31.0 Å². The van der Waals surface area contributed by atoms with Crippen LogP contribution in [0, 0.1) is 0 Å². The highest BCUT2D eigenvalue weighted by molar-refractivity contribution is 7.92. The first-order chi connectivity index (χ1) is 15.5. The minimum absolute atomic E-state index is 0.196. The Hall–Kier alpha value is -2.63. The lowest BCUT2D eigenvalue weighted by atomic mass is 9.86. The zero-order valence-corrected chi connectivity index (χ0v) is 19.2. The molecule has 2 aliphatic rings. The first-order valence-electron chi connectivity index (χ1n) is 11.6. The maximum absolute atomic E-state index is 13.1. The number of fused-ring (bicyclic) bond motifs is 5. The lowest BCUT2D eigenvalue weighted by Crippen LogP contribution is -2.44. The number of para-hydroxylation sites is 1. The van der Waals surface area contributed by atoms with Gasteiger partial charge in [-0.1, -0.05) is 54.6 Å². The maximum Gasteiger partial charge on any atom is 0.164 e. The van der Waals surface area contributed by atoms with E-state index in [9.17, 15) is 8.42 Å². The van der Waals surface area contributed by atoms with E-state index in [1.165, 1.54) is 27.4 Å². The molecule has 6 rings (SSSR count). The van der Waals surface area contributed by atoms with E-state index in [1.807, 2.05) is 24.3 Å². The second-order valence-electron chi connectivity index (χ2n) is 9.30. The SMILES string of the molecule is CCn1c2ccccc2c2ccc(CN3CCC4(CC3)c3ccccc3CS4(=O)=O)cc21. The fraction of sp³-hybridized carbons (Fsp3) is 0.333. The van der Waals surface area contributed by atoms with Crippen LogP contribution in [0.25, 0.3) is 21.8 Å². The standard InChI is InChI=1S/C27H28N2O2S/c1-2-29-25-10-6-4-8-22(25)23-12-11-20(17-26(23)29)18-28-15-13-27(14-16-28)24-9-5-3-7-21(24)19-32(27,30)31/h3-12,17H,2,13-16,18-19H2,1H3. The molecule has 4 nitrogen and oxygen atoms in total. The predicted molar refractivity (Wildman–Crippen MR) is 130 cm³/mol. The molecule has 4 aromatic rings. The second-order valence-corrected chi connectivity index (χ2v) is 11.6. The number of benzene rings is 3. The molecule has 0 amide bonds. The minimum Gasteiger partial charge on any atom is -0.341 e. The Morgan fingerprint density at radius 2 is 1.59 bits per heavy atom. The normalized spacial score (nSPS) is 19.7. The van der Waals surface area contributed by atoms with Crippen LogP contribution >= 0.6 is 0 Å². The average Bonchev–Trinajstić information content (AvgIpc) is 3.23. The molecule has 3 heterocycles. The van der Waals surface area contributed by atoms with Crippen molar-refractivity contribution in [2.45, 2.75) is 43.4 Å². The summed E-state index contributed by atoms with van der Waals surface area (Å²) in [6.07, 6.45) is 1.37. The van der Waals surface area contributed by atoms with Gasteiger partial charge in [-0.05, 0) is 48.6 Å². The molecule has 32 heavy (non-hydrogen) atoms. The van der Waals surface area contributed by atoms with E-state index in [2.05, 4.69) is 58.9 Å². The molecule has 1 fully saturated rings. The lowest BCUT2D eigenvalue weighted by Gasteiger charge is -2.39. The monoisotopic (exact) mass is 444 g/mol. The van der Waals surface area contributed by atoms with Crippen LogP contribution in [0.15, 0.2) is 66.7 Å². The molecule has 1 saturated heterocycles. The van der Waals surface area contributed by atoms with Crippen LogP contribution in [-0.2, 0) is 33.4 Å². The van der Waals surface area contributed by atoms with Gasteiger partial charge in [-0.2, -0.15) is 0 Å². The summed E-state index contributed by atoms with van der Waals surface area (Å²) in [6, 6.07) is 23.4. The van der Waals surface area contributed by atoms with E-state index < -0.39 is 14.6 Å². The quantitative estimate of drug-likeness (QED) is 0.434. The Kier molecular flexibility index (Phi) is 4.50. The largest absolute Gasteiger partial charge is 0.341 e. The summed E-state index contributed by atoms with van der Waals surface area (Å²) in [4.78, 5) is 2.42. The molecule has 0 aliphatic carbocycles. The molecule has 0 saturated carbocycles. The van der Waals surface area contributed by atoms with E-state index in [-0.39, 0.29) is 5.75 Å². The summed E-state index contributed by atoms with van der Waals surface area (Å²) in [5, 5.41) is 2.61. The molecule has 3 aromatic carbocycles. The smallest absolute Gasteiger partial charge is 0.164 e. The number of sulfone groups is 1. The Morgan fingerprint density at radius 3 is 2.41 bits per heavy atom. The van der Waals surface area contributed by atoms with Gasteiger partial charge in [0.15, 0.2) is 9.84 Å². The van der Waals surface area contributed by atoms with Gasteiger partial charge in [0, 0.05) is 48.0 Å². The first kappa shape index (κ1) is 20.0. The summed E-state index contributed by atoms with van der Waals surface area (Å²) in [5.74, 6) is 0.196. The van der Waals surface area contributed by atoms with Crippen LogP contribution in [0.1, 0.15) is 36.5 Å². The highest BCUT2D eigenvalue weighted by Crippen LogP contribution is 2.48. The fourth-order valence-corrected chi connectivity index (χ4v) is 8.32. The Labute approximate surface area is 189 Å². The van der Waals surface area contributed by atoms with E-state index in [4.69, 9.17) is 0 Å². The summed E-state index contributed by atoms with van der Waals surface area (Å²) in [5.41, 5.74) is 5.91. The van der Waals surface area contributed by atoms with E-state index in [0.29, 0.717) is 12.8 Å². The zero-order chi connectivity index (χ0) is 21.9. The fourth-order valence-electron chi connectivity index (χ4n) is 6.05. The lowest BCUT2D eigenvalue weighted by molar-refractivity contribution is 0.189. The van der Waals surface area contributed by atoms with E-state index >= 15 is 0 Å². The van der Waals surface area contributed by atoms with Crippen LogP contribution < -0.4 is 0 Å². The van der Waals surface area contributed by atoms with Gasteiger partial charge in [0.05, 0.1) is 5.75 Å². The second kappa shape index (κ2) is 7.19. The van der Waals surface area contributed by atoms with Gasteiger partial charge in [-0.15, -0.1) is 0 Å². The number of rotatable bonds is 3. The molecule has 164 valence electrons. The maximum atomic E-state index is 13.1. The third kappa shape index (κ3) is 2.81. The molecule has 0 N–H and O–H groups in total. The molecular formula is C27H28N2O2S. The molecular weight excluding hydrogens is 416 g/mol.